The highest BCUT2D eigenvalue weighted by Crippen LogP contribution is 1.99. The van der Waals surface area contributed by atoms with Crippen LogP contribution in [0.3, 0.4) is 0 Å². The van der Waals surface area contributed by atoms with Crippen LogP contribution in [0, 0.1) is 0 Å². The Balaban J connectivity index is 1.95. The number of nitrogens with one attached hydrogen (secondary N) is 1. The lowest BCUT2D eigenvalue weighted by Crippen LogP contribution is -2.25. The third-order valence-corrected chi connectivity index (χ3v) is 4.59. The average molecular weight is 433 g/mol. The SMILES string of the molecule is CC/C=C/C/C=C/C/C=C/C/C=C/C/C=C/C/C=C/CCC(=O)NCCc1cccnc1. The van der Waals surface area contributed by atoms with Crippen LogP contribution in [0.5, 0.6) is 0 Å². The lowest BCUT2D eigenvalue weighted by Gasteiger charge is -2.03. The van der Waals surface area contributed by atoms with E-state index in [4.69, 9.17) is 0 Å². The number of carbonyl (C=O) groups excluding carboxylic acids is 1. The minimum absolute atomic E-state index is 0.105. The fraction of sp³-hybridized carbons (Fsp3) is 0.379. The van der Waals surface area contributed by atoms with Gasteiger partial charge in [-0.3, -0.25) is 9.78 Å². The van der Waals surface area contributed by atoms with Gasteiger partial charge in [0.15, 0.2) is 0 Å². The summed E-state index contributed by atoms with van der Waals surface area (Å²) in [6.07, 6.45) is 38.0. The largest absolute Gasteiger partial charge is 0.356 e. The van der Waals surface area contributed by atoms with Crippen molar-refractivity contribution in [1.82, 2.24) is 10.3 Å². The Labute approximate surface area is 195 Å². The highest BCUT2D eigenvalue weighted by atomic mass is 16.1. The normalized spacial score (nSPS) is 12.5. The third kappa shape index (κ3) is 17.9. The van der Waals surface area contributed by atoms with E-state index in [1.807, 2.05) is 18.3 Å². The first kappa shape index (κ1) is 27.1. The smallest absolute Gasteiger partial charge is 0.220 e. The molecule has 3 heteroatoms. The minimum atomic E-state index is 0.105. The summed E-state index contributed by atoms with van der Waals surface area (Å²) >= 11 is 0. The van der Waals surface area contributed by atoms with Crippen LogP contribution in [0.4, 0.5) is 0 Å². The zero-order chi connectivity index (χ0) is 23.0. The molecule has 32 heavy (non-hydrogen) atoms. The van der Waals surface area contributed by atoms with Gasteiger partial charge < -0.3 is 5.32 Å². The molecule has 0 aliphatic rings. The van der Waals surface area contributed by atoms with Crippen molar-refractivity contribution in [2.24, 2.45) is 0 Å². The third-order valence-electron chi connectivity index (χ3n) is 4.59. The lowest BCUT2D eigenvalue weighted by atomic mass is 10.2. The first-order chi connectivity index (χ1) is 15.8. The van der Waals surface area contributed by atoms with E-state index in [1.54, 1.807) is 6.20 Å². The molecule has 1 aromatic heterocycles. The number of allylic oxidation sites excluding steroid dienone is 12. The van der Waals surface area contributed by atoms with E-state index in [2.05, 4.69) is 90.1 Å². The zero-order valence-corrected chi connectivity index (χ0v) is 19.7. The molecule has 0 unspecified atom stereocenters. The molecule has 0 aromatic carbocycles. The number of carbonyl (C=O) groups is 1. The summed E-state index contributed by atoms with van der Waals surface area (Å²) < 4.78 is 0. The summed E-state index contributed by atoms with van der Waals surface area (Å²) in [5.74, 6) is 0.105. The zero-order valence-electron chi connectivity index (χ0n) is 19.7. The van der Waals surface area contributed by atoms with Crippen molar-refractivity contribution in [3.8, 4) is 0 Å². The molecule has 172 valence electrons. The number of pyridine rings is 1. The van der Waals surface area contributed by atoms with Crippen LogP contribution in [0.1, 0.15) is 63.9 Å². The monoisotopic (exact) mass is 432 g/mol. The Morgan fingerprint density at radius 3 is 1.84 bits per heavy atom. The molecule has 1 amide bonds. The molecule has 0 saturated carbocycles. The summed E-state index contributed by atoms with van der Waals surface area (Å²) in [7, 11) is 0. The molecule has 0 aliphatic carbocycles. The van der Waals surface area contributed by atoms with E-state index >= 15 is 0 Å². The molecule has 0 saturated heterocycles. The van der Waals surface area contributed by atoms with E-state index in [-0.39, 0.29) is 5.91 Å². The minimum Gasteiger partial charge on any atom is -0.356 e. The van der Waals surface area contributed by atoms with Gasteiger partial charge in [0.05, 0.1) is 0 Å². The summed E-state index contributed by atoms with van der Waals surface area (Å²) in [5, 5.41) is 2.96. The van der Waals surface area contributed by atoms with Crippen molar-refractivity contribution in [1.29, 1.82) is 0 Å². The maximum atomic E-state index is 11.8. The molecule has 0 aliphatic heterocycles. The molecule has 1 heterocycles. The van der Waals surface area contributed by atoms with Crippen molar-refractivity contribution in [3.05, 3.63) is 103 Å². The van der Waals surface area contributed by atoms with Gasteiger partial charge in [0, 0.05) is 25.4 Å². The number of hydrogen-bond acceptors (Lipinski definition) is 2. The summed E-state index contributed by atoms with van der Waals surface area (Å²) in [6.45, 7) is 2.82. The number of aromatic nitrogens is 1. The topological polar surface area (TPSA) is 42.0 Å². The van der Waals surface area contributed by atoms with Crippen molar-refractivity contribution in [3.63, 3.8) is 0 Å². The fourth-order valence-corrected chi connectivity index (χ4v) is 2.83. The fourth-order valence-electron chi connectivity index (χ4n) is 2.83. The second kappa shape index (κ2) is 21.3. The van der Waals surface area contributed by atoms with Crippen LogP contribution >= 0.6 is 0 Å². The number of hydrogen-bond donors (Lipinski definition) is 1. The maximum Gasteiger partial charge on any atom is 0.220 e. The molecule has 1 rings (SSSR count). The molecule has 0 bridgehead atoms. The summed E-state index contributed by atoms with van der Waals surface area (Å²) in [4.78, 5) is 15.9. The van der Waals surface area contributed by atoms with Gasteiger partial charge in [-0.25, -0.2) is 0 Å². The van der Waals surface area contributed by atoms with Crippen LogP contribution in [0.15, 0.2) is 97.4 Å². The Kier molecular flexibility index (Phi) is 18.0. The van der Waals surface area contributed by atoms with E-state index in [0.29, 0.717) is 13.0 Å². The van der Waals surface area contributed by atoms with Crippen LogP contribution in [-0.4, -0.2) is 17.4 Å². The second-order valence-corrected chi connectivity index (χ2v) is 7.42. The van der Waals surface area contributed by atoms with Gasteiger partial charge >= 0.3 is 0 Å². The van der Waals surface area contributed by atoms with Gasteiger partial charge in [0.25, 0.3) is 0 Å². The van der Waals surface area contributed by atoms with E-state index < -0.39 is 0 Å². The van der Waals surface area contributed by atoms with E-state index in [0.717, 1.165) is 56.9 Å². The van der Waals surface area contributed by atoms with Gasteiger partial charge in [-0.15, -0.1) is 0 Å². The molecule has 0 fully saturated rings. The van der Waals surface area contributed by atoms with Crippen molar-refractivity contribution < 1.29 is 4.79 Å². The molecular formula is C29H40N2O. The number of amides is 1. The van der Waals surface area contributed by atoms with Gasteiger partial charge in [-0.05, 0) is 63.0 Å². The molecule has 0 atom stereocenters. The van der Waals surface area contributed by atoms with Crippen LogP contribution < -0.4 is 5.32 Å². The summed E-state index contributed by atoms with van der Waals surface area (Å²) in [5.41, 5.74) is 1.14. The van der Waals surface area contributed by atoms with Crippen LogP contribution in [0.2, 0.25) is 0 Å². The molecule has 0 spiro atoms. The first-order valence-electron chi connectivity index (χ1n) is 11.9. The van der Waals surface area contributed by atoms with Gasteiger partial charge in [-0.2, -0.15) is 0 Å². The van der Waals surface area contributed by atoms with Crippen LogP contribution in [-0.2, 0) is 11.2 Å². The Morgan fingerprint density at radius 2 is 1.34 bits per heavy atom. The number of nitrogens with zero attached hydrogens (tertiary/aromatic N) is 1. The highest BCUT2D eigenvalue weighted by Gasteiger charge is 1.99. The van der Waals surface area contributed by atoms with Gasteiger partial charge in [0.2, 0.25) is 5.91 Å². The Hall–Kier alpha value is -2.94. The second-order valence-electron chi connectivity index (χ2n) is 7.42. The molecule has 0 radical (unpaired) electrons. The highest BCUT2D eigenvalue weighted by molar-refractivity contribution is 5.75. The van der Waals surface area contributed by atoms with Crippen molar-refractivity contribution in [2.75, 3.05) is 6.54 Å². The Bertz CT molecular complexity index is 755. The van der Waals surface area contributed by atoms with Crippen molar-refractivity contribution >= 4 is 5.91 Å². The first-order valence-corrected chi connectivity index (χ1v) is 11.9. The molecule has 3 nitrogen and oxygen atoms in total. The molecular weight excluding hydrogens is 392 g/mol. The number of rotatable bonds is 17. The van der Waals surface area contributed by atoms with E-state index in [9.17, 15) is 4.79 Å². The quantitative estimate of drug-likeness (QED) is 0.264. The van der Waals surface area contributed by atoms with Crippen LogP contribution in [0.25, 0.3) is 0 Å². The van der Waals surface area contributed by atoms with E-state index in [1.165, 1.54) is 0 Å². The standard InChI is InChI=1S/C29H40N2O/c1-2-3-4-5-6-7-8-9-10-11-12-13-14-15-16-17-18-19-20-23-29(32)31-26-24-28-22-21-25-30-27-28/h3-4,6-7,9-10,12-13,15-16,18-19,21-22,25,27H,2,5,8,11,14,17,20,23-24,26H2,1H3,(H,31,32)/b4-3+,7-6+,10-9+,13-12+,16-15+,19-18+. The molecule has 1 aromatic rings. The average Bonchev–Trinajstić information content (AvgIpc) is 2.81. The van der Waals surface area contributed by atoms with Crippen molar-refractivity contribution in [2.45, 2.75) is 64.7 Å². The van der Waals surface area contributed by atoms with Gasteiger partial charge in [-0.1, -0.05) is 85.9 Å². The molecule has 1 N–H and O–H groups in total. The lowest BCUT2D eigenvalue weighted by molar-refractivity contribution is -0.120. The predicted octanol–water partition coefficient (Wildman–Crippen LogP) is 7.22. The summed E-state index contributed by atoms with van der Waals surface area (Å²) in [6, 6.07) is 3.94. The predicted molar refractivity (Wildman–Crippen MR) is 138 cm³/mol. The van der Waals surface area contributed by atoms with Gasteiger partial charge in [0.1, 0.15) is 0 Å². The maximum absolute atomic E-state index is 11.8. The Morgan fingerprint density at radius 1 is 0.812 bits per heavy atom.